The first-order valence-electron chi connectivity index (χ1n) is 7.24. The van der Waals surface area contributed by atoms with Gasteiger partial charge in [-0.15, -0.1) is 5.46 Å². The molecular weight excluding hydrogens is 313 g/mol. The van der Waals surface area contributed by atoms with E-state index in [1.54, 1.807) is 0 Å². The van der Waals surface area contributed by atoms with Gasteiger partial charge in [0.15, 0.2) is 0 Å². The fourth-order valence-electron chi connectivity index (χ4n) is 2.43. The van der Waals surface area contributed by atoms with Crippen molar-refractivity contribution in [3.05, 3.63) is 90.5 Å². The molecule has 1 N–H and O–H groups in total. The zero-order valence-electron chi connectivity index (χ0n) is 12.2. The molecule has 118 valence electrons. The van der Waals surface area contributed by atoms with Gasteiger partial charge in [-0.2, -0.15) is 12.1 Å². The first-order chi connectivity index (χ1) is 10.4. The molecule has 3 aromatic rings. The second-order valence-electron chi connectivity index (χ2n) is 5.02. The van der Waals surface area contributed by atoms with Crippen LogP contribution in [0.1, 0.15) is 11.6 Å². The van der Waals surface area contributed by atoms with Crippen molar-refractivity contribution in [3.8, 4) is 0 Å². The molecule has 0 saturated carbocycles. The van der Waals surface area contributed by atoms with Crippen LogP contribution >= 0.6 is 0 Å². The van der Waals surface area contributed by atoms with E-state index in [0.717, 1.165) is 6.61 Å². The molecule has 0 radical (unpaired) electrons. The zero-order valence-corrected chi connectivity index (χ0v) is 13.3. The fraction of sp³-hybridized carbons (Fsp3) is 0.111. The maximum absolute atomic E-state index is 5.75. The number of benzene rings is 1. The summed E-state index contributed by atoms with van der Waals surface area (Å²) in [5, 5.41) is 3.49. The Hall–Kier alpha value is -1.58. The minimum Gasteiger partial charge on any atom is -0.748 e. The average molecular weight is 331 g/mol. The van der Waals surface area contributed by atoms with Crippen molar-refractivity contribution in [2.24, 2.45) is 0 Å². The minimum absolute atomic E-state index is 0. The van der Waals surface area contributed by atoms with Crippen molar-refractivity contribution in [2.75, 3.05) is 6.61 Å². The van der Waals surface area contributed by atoms with E-state index in [4.69, 9.17) is 4.65 Å². The molecule has 1 atom stereocenters. The Morgan fingerprint density at radius 1 is 0.955 bits per heavy atom. The molecule has 1 saturated heterocycles. The van der Waals surface area contributed by atoms with Gasteiger partial charge in [0.05, 0.1) is 0 Å². The van der Waals surface area contributed by atoms with Crippen molar-refractivity contribution in [3.63, 3.8) is 0 Å². The molecule has 0 amide bonds. The summed E-state index contributed by atoms with van der Waals surface area (Å²) in [5.74, 6) is 0. The topological polar surface area (TPSA) is 21.3 Å². The molecule has 1 unspecified atom stereocenters. The standard InChI is InChI=1S/C13H13BNO.C5H5.Fe/c1-2-6-11(7-3-1)13-10-16-14(15-13)12-8-4-5-9-12;1-2-4-5-3-1;/h1-9,13,15H,10H2;1-5H;/q-1;-5;. The minimum atomic E-state index is 0. The second-order valence-corrected chi connectivity index (χ2v) is 5.02. The maximum Gasteiger partial charge on any atom is 0.341 e. The van der Waals surface area contributed by atoms with Crippen LogP contribution in [-0.2, 0) is 21.7 Å². The van der Waals surface area contributed by atoms with Gasteiger partial charge in [-0.25, -0.2) is 12.1 Å². The Morgan fingerprint density at radius 2 is 1.55 bits per heavy atom. The van der Waals surface area contributed by atoms with Crippen LogP contribution in [-0.4, -0.2) is 13.7 Å². The normalized spacial score (nSPS) is 16.5. The monoisotopic (exact) mass is 331 g/mol. The molecule has 4 rings (SSSR count). The van der Waals surface area contributed by atoms with E-state index in [1.807, 2.05) is 48.5 Å². The second kappa shape index (κ2) is 8.77. The van der Waals surface area contributed by atoms with Gasteiger partial charge in [0.1, 0.15) is 0 Å². The maximum atomic E-state index is 5.75. The summed E-state index contributed by atoms with van der Waals surface area (Å²) in [5.41, 5.74) is 2.50. The molecule has 4 heteroatoms. The first-order valence-corrected chi connectivity index (χ1v) is 7.24. The van der Waals surface area contributed by atoms with Gasteiger partial charge in [0.2, 0.25) is 0 Å². The van der Waals surface area contributed by atoms with E-state index < -0.39 is 0 Å². The fourth-order valence-corrected chi connectivity index (χ4v) is 2.43. The SMILES string of the molecule is [Fe].[cH-]1[cH-][cH-][cH-][cH-]1.c1ccc(C2COB([c-]3cccc3)N2)cc1. The summed E-state index contributed by atoms with van der Waals surface area (Å²) in [4.78, 5) is 0. The third-order valence-electron chi connectivity index (χ3n) is 3.53. The van der Waals surface area contributed by atoms with Crippen molar-refractivity contribution >= 4 is 12.5 Å². The zero-order chi connectivity index (χ0) is 14.3. The van der Waals surface area contributed by atoms with Crippen LogP contribution in [0.4, 0.5) is 0 Å². The predicted molar refractivity (Wildman–Crippen MR) is 87.7 cm³/mol. The molecule has 2 nitrogen and oxygen atoms in total. The summed E-state index contributed by atoms with van der Waals surface area (Å²) in [6.07, 6.45) is 0. The van der Waals surface area contributed by atoms with Crippen molar-refractivity contribution in [1.29, 1.82) is 0 Å². The van der Waals surface area contributed by atoms with Crippen LogP contribution in [0.15, 0.2) is 84.9 Å². The van der Waals surface area contributed by atoms with Gasteiger partial charge >= 0.3 is 7.05 Å². The third-order valence-corrected chi connectivity index (χ3v) is 3.53. The van der Waals surface area contributed by atoms with Gasteiger partial charge in [0.25, 0.3) is 0 Å². The predicted octanol–water partition coefficient (Wildman–Crippen LogP) is 2.86. The molecule has 1 aliphatic heterocycles. The van der Waals surface area contributed by atoms with Gasteiger partial charge < -0.3 is 40.2 Å². The van der Waals surface area contributed by atoms with Gasteiger partial charge in [0, 0.05) is 29.7 Å². The van der Waals surface area contributed by atoms with Crippen LogP contribution in [0, 0.1) is 0 Å². The molecule has 22 heavy (non-hydrogen) atoms. The van der Waals surface area contributed by atoms with Gasteiger partial charge in [-0.1, -0.05) is 30.3 Å². The Labute approximate surface area is 142 Å². The van der Waals surface area contributed by atoms with E-state index in [0.29, 0.717) is 6.04 Å². The quantitative estimate of drug-likeness (QED) is 0.576. The summed E-state index contributed by atoms with van der Waals surface area (Å²) in [7, 11) is 0.0419. The van der Waals surface area contributed by atoms with Crippen LogP contribution in [0.5, 0.6) is 0 Å². The smallest absolute Gasteiger partial charge is 0.341 e. The molecular formula is C18H18BFeNO-6. The number of rotatable bonds is 2. The van der Waals surface area contributed by atoms with Crippen LogP contribution in [0.2, 0.25) is 0 Å². The molecule has 1 heterocycles. The molecule has 3 aromatic carbocycles. The molecule has 1 aliphatic rings. The Balaban J connectivity index is 0.000000253. The van der Waals surface area contributed by atoms with Crippen molar-refractivity contribution in [2.45, 2.75) is 6.04 Å². The molecule has 0 bridgehead atoms. The first kappa shape index (κ1) is 16.8. The summed E-state index contributed by atoms with van der Waals surface area (Å²) in [6, 6.07) is 29.0. The van der Waals surface area contributed by atoms with Crippen LogP contribution in [0.25, 0.3) is 0 Å². The third kappa shape index (κ3) is 4.46. The summed E-state index contributed by atoms with van der Waals surface area (Å²) < 4.78 is 5.75. The number of hydrogen-bond donors (Lipinski definition) is 1. The van der Waals surface area contributed by atoms with Crippen molar-refractivity contribution in [1.82, 2.24) is 5.23 Å². The Kier molecular flexibility index (Phi) is 6.69. The average Bonchev–Trinajstić information content (AvgIpc) is 3.30. The molecule has 0 aliphatic carbocycles. The van der Waals surface area contributed by atoms with E-state index in [1.165, 1.54) is 11.0 Å². The van der Waals surface area contributed by atoms with E-state index in [-0.39, 0.29) is 24.1 Å². The Morgan fingerprint density at radius 3 is 2.14 bits per heavy atom. The summed E-state index contributed by atoms with van der Waals surface area (Å²) in [6.45, 7) is 0.736. The van der Waals surface area contributed by atoms with Gasteiger partial charge in [-0.3, -0.25) is 0 Å². The van der Waals surface area contributed by atoms with E-state index in [2.05, 4.69) is 41.6 Å². The van der Waals surface area contributed by atoms with E-state index >= 15 is 0 Å². The van der Waals surface area contributed by atoms with Crippen LogP contribution < -0.4 is 10.7 Å². The molecule has 0 aromatic heterocycles. The van der Waals surface area contributed by atoms with Gasteiger partial charge in [-0.05, 0) is 5.56 Å². The summed E-state index contributed by atoms with van der Waals surface area (Å²) >= 11 is 0. The molecule has 0 spiro atoms. The largest absolute Gasteiger partial charge is 0.748 e. The van der Waals surface area contributed by atoms with Crippen LogP contribution in [0.3, 0.4) is 0 Å². The molecule has 1 fully saturated rings. The van der Waals surface area contributed by atoms with E-state index in [9.17, 15) is 0 Å². The Bertz CT molecular complexity index is 593. The van der Waals surface area contributed by atoms with Crippen molar-refractivity contribution < 1.29 is 21.7 Å². The number of hydrogen-bond acceptors (Lipinski definition) is 2. The number of nitrogens with one attached hydrogen (secondary N) is 1.